The van der Waals surface area contributed by atoms with Crippen molar-refractivity contribution in [2.45, 2.75) is 19.9 Å². The molecule has 2 aromatic rings. The molecule has 1 atom stereocenters. The summed E-state index contributed by atoms with van der Waals surface area (Å²) in [6.45, 7) is 4.02. The normalized spacial score (nSPS) is 12.4. The number of thiazole rings is 1. The molecule has 0 aliphatic rings. The van der Waals surface area contributed by atoms with Crippen LogP contribution < -0.4 is 5.32 Å². The van der Waals surface area contributed by atoms with E-state index in [2.05, 4.69) is 15.3 Å². The van der Waals surface area contributed by atoms with Crippen LogP contribution in [0.25, 0.3) is 0 Å². The summed E-state index contributed by atoms with van der Waals surface area (Å²) < 4.78 is 12.6. The molecule has 2 aromatic heterocycles. The number of pyridine rings is 1. The fourth-order valence-electron chi connectivity index (χ4n) is 1.50. The summed E-state index contributed by atoms with van der Waals surface area (Å²) in [7, 11) is 0. The molecule has 1 N–H and O–H groups in total. The monoisotopic (exact) mass is 237 g/mol. The van der Waals surface area contributed by atoms with Crippen LogP contribution in [0.1, 0.15) is 23.5 Å². The van der Waals surface area contributed by atoms with Crippen molar-refractivity contribution in [1.82, 2.24) is 9.97 Å². The first-order valence-corrected chi connectivity index (χ1v) is 5.83. The maximum atomic E-state index is 12.6. The number of nitrogens with zero attached hydrogens (tertiary/aromatic N) is 2. The van der Waals surface area contributed by atoms with Crippen molar-refractivity contribution in [2.75, 3.05) is 5.32 Å². The largest absolute Gasteiger partial charge is 0.376 e. The van der Waals surface area contributed by atoms with Gasteiger partial charge in [-0.3, -0.25) is 0 Å². The first-order chi connectivity index (χ1) is 7.66. The summed E-state index contributed by atoms with van der Waals surface area (Å²) in [4.78, 5) is 8.98. The van der Waals surface area contributed by atoms with Crippen LogP contribution in [-0.2, 0) is 0 Å². The Labute approximate surface area is 97.4 Å². The summed E-state index contributed by atoms with van der Waals surface area (Å²) >= 11 is 1.61. The molecule has 0 saturated carbocycles. The zero-order valence-electron chi connectivity index (χ0n) is 9.07. The Morgan fingerprint density at radius 1 is 1.38 bits per heavy atom. The predicted octanol–water partition coefficient (Wildman–Crippen LogP) is 3.16. The lowest BCUT2D eigenvalue weighted by molar-refractivity contribution is 0.584. The fraction of sp³-hybridized carbons (Fsp3) is 0.273. The van der Waals surface area contributed by atoms with E-state index < -0.39 is 5.95 Å². The van der Waals surface area contributed by atoms with E-state index in [9.17, 15) is 4.39 Å². The lowest BCUT2D eigenvalue weighted by atomic mass is 10.2. The first kappa shape index (κ1) is 11.0. The third-order valence-corrected chi connectivity index (χ3v) is 3.40. The lowest BCUT2D eigenvalue weighted by Crippen LogP contribution is -2.06. The minimum Gasteiger partial charge on any atom is -0.376 e. The smallest absolute Gasteiger partial charge is 0.212 e. The summed E-state index contributed by atoms with van der Waals surface area (Å²) in [6, 6.07) is 3.17. The molecule has 0 aliphatic heterocycles. The number of hydrogen-bond donors (Lipinski definition) is 1. The summed E-state index contributed by atoms with van der Waals surface area (Å²) in [5, 5.41) is 3.25. The second-order valence-electron chi connectivity index (χ2n) is 3.54. The summed E-state index contributed by atoms with van der Waals surface area (Å²) in [5.74, 6) is -0.466. The van der Waals surface area contributed by atoms with E-state index in [0.717, 1.165) is 11.4 Å². The minimum atomic E-state index is -0.466. The molecule has 5 heteroatoms. The van der Waals surface area contributed by atoms with Gasteiger partial charge < -0.3 is 5.32 Å². The zero-order chi connectivity index (χ0) is 11.5. The molecule has 0 aromatic carbocycles. The third kappa shape index (κ3) is 2.36. The van der Waals surface area contributed by atoms with E-state index in [1.54, 1.807) is 17.4 Å². The van der Waals surface area contributed by atoms with E-state index in [0.29, 0.717) is 0 Å². The van der Waals surface area contributed by atoms with Crippen LogP contribution >= 0.6 is 11.3 Å². The maximum Gasteiger partial charge on any atom is 0.212 e. The van der Waals surface area contributed by atoms with Gasteiger partial charge in [-0.05, 0) is 26.0 Å². The van der Waals surface area contributed by atoms with Gasteiger partial charge in [-0.1, -0.05) is 0 Å². The second-order valence-corrected chi connectivity index (χ2v) is 4.42. The van der Waals surface area contributed by atoms with Crippen molar-refractivity contribution < 1.29 is 4.39 Å². The van der Waals surface area contributed by atoms with Gasteiger partial charge in [0.05, 0.1) is 29.1 Å². The molecule has 1 unspecified atom stereocenters. The highest BCUT2D eigenvalue weighted by Crippen LogP contribution is 2.24. The molecule has 2 heterocycles. The number of nitrogens with one attached hydrogen (secondary N) is 1. The SMILES string of the molecule is Cc1ncsc1C(C)Nc1ccc(F)nc1. The highest BCUT2D eigenvalue weighted by atomic mass is 32.1. The maximum absolute atomic E-state index is 12.6. The molecule has 0 spiro atoms. The Morgan fingerprint density at radius 2 is 2.19 bits per heavy atom. The van der Waals surface area contributed by atoms with Gasteiger partial charge in [-0.2, -0.15) is 4.39 Å². The van der Waals surface area contributed by atoms with Gasteiger partial charge in [-0.25, -0.2) is 9.97 Å². The van der Waals surface area contributed by atoms with Gasteiger partial charge in [0.15, 0.2) is 0 Å². The highest BCUT2D eigenvalue weighted by Gasteiger charge is 2.10. The van der Waals surface area contributed by atoms with Crippen molar-refractivity contribution in [2.24, 2.45) is 0 Å². The van der Waals surface area contributed by atoms with Crippen molar-refractivity contribution in [1.29, 1.82) is 0 Å². The van der Waals surface area contributed by atoms with Crippen molar-refractivity contribution in [3.05, 3.63) is 40.4 Å². The molecule has 84 valence electrons. The number of anilines is 1. The van der Waals surface area contributed by atoms with Gasteiger partial charge in [-0.15, -0.1) is 11.3 Å². The second kappa shape index (κ2) is 4.57. The van der Waals surface area contributed by atoms with Crippen LogP contribution in [0.3, 0.4) is 0 Å². The van der Waals surface area contributed by atoms with E-state index >= 15 is 0 Å². The average Bonchev–Trinajstić information content (AvgIpc) is 2.68. The first-order valence-electron chi connectivity index (χ1n) is 4.95. The predicted molar refractivity (Wildman–Crippen MR) is 63.1 cm³/mol. The Kier molecular flexibility index (Phi) is 3.14. The molecule has 0 bridgehead atoms. The molecule has 0 saturated heterocycles. The molecule has 0 amide bonds. The number of rotatable bonds is 3. The quantitative estimate of drug-likeness (QED) is 0.833. The molecule has 0 fully saturated rings. The zero-order valence-corrected chi connectivity index (χ0v) is 9.88. The standard InChI is InChI=1S/C11H12FN3S/c1-7-11(16-6-14-7)8(2)15-9-3-4-10(12)13-5-9/h3-6,8,15H,1-2H3. The van der Waals surface area contributed by atoms with Crippen LogP contribution in [0.2, 0.25) is 0 Å². The molecule has 0 aliphatic carbocycles. The number of aromatic nitrogens is 2. The molecular weight excluding hydrogens is 225 g/mol. The van der Waals surface area contributed by atoms with Crippen molar-refractivity contribution in [3.8, 4) is 0 Å². The Balaban J connectivity index is 2.10. The summed E-state index contributed by atoms with van der Waals surface area (Å²) in [5.41, 5.74) is 3.66. The fourth-order valence-corrected chi connectivity index (χ4v) is 2.31. The van der Waals surface area contributed by atoms with Gasteiger partial charge in [0.1, 0.15) is 0 Å². The van der Waals surface area contributed by atoms with E-state index in [-0.39, 0.29) is 6.04 Å². The Hall–Kier alpha value is -1.49. The van der Waals surface area contributed by atoms with Crippen molar-refractivity contribution in [3.63, 3.8) is 0 Å². The lowest BCUT2D eigenvalue weighted by Gasteiger charge is -2.13. The van der Waals surface area contributed by atoms with Crippen molar-refractivity contribution >= 4 is 17.0 Å². The van der Waals surface area contributed by atoms with Gasteiger partial charge >= 0.3 is 0 Å². The van der Waals surface area contributed by atoms with Gasteiger partial charge in [0.25, 0.3) is 0 Å². The third-order valence-electron chi connectivity index (χ3n) is 2.29. The molecular formula is C11H12FN3S. The number of halogens is 1. The van der Waals surface area contributed by atoms with E-state index in [4.69, 9.17) is 0 Å². The summed E-state index contributed by atoms with van der Waals surface area (Å²) in [6.07, 6.45) is 1.49. The Bertz CT molecular complexity index is 466. The average molecular weight is 237 g/mol. The van der Waals surface area contributed by atoms with Crippen LogP contribution in [0.15, 0.2) is 23.8 Å². The van der Waals surface area contributed by atoms with Crippen LogP contribution in [0.4, 0.5) is 10.1 Å². The molecule has 2 rings (SSSR count). The van der Waals surface area contributed by atoms with Crippen LogP contribution in [-0.4, -0.2) is 9.97 Å². The van der Waals surface area contributed by atoms with Gasteiger partial charge in [0.2, 0.25) is 5.95 Å². The topological polar surface area (TPSA) is 37.8 Å². The highest BCUT2D eigenvalue weighted by molar-refractivity contribution is 7.09. The van der Waals surface area contributed by atoms with E-state index in [1.165, 1.54) is 17.1 Å². The van der Waals surface area contributed by atoms with Crippen LogP contribution in [0, 0.1) is 12.9 Å². The molecule has 3 nitrogen and oxygen atoms in total. The number of aryl methyl sites for hydroxylation is 1. The molecule has 16 heavy (non-hydrogen) atoms. The Morgan fingerprint density at radius 3 is 2.75 bits per heavy atom. The minimum absolute atomic E-state index is 0.153. The number of hydrogen-bond acceptors (Lipinski definition) is 4. The van der Waals surface area contributed by atoms with E-state index in [1.807, 2.05) is 19.4 Å². The van der Waals surface area contributed by atoms with Gasteiger partial charge in [0, 0.05) is 4.88 Å². The van der Waals surface area contributed by atoms with Crippen LogP contribution in [0.5, 0.6) is 0 Å². The molecule has 0 radical (unpaired) electrons.